The zero-order chi connectivity index (χ0) is 7.11. The number of nitrogens with one attached hydrogen (secondary N) is 1. The Labute approximate surface area is 52.5 Å². The normalized spacial score (nSPS) is 11.9. The van der Waals surface area contributed by atoms with Crippen LogP contribution in [0.2, 0.25) is 0 Å². The molecule has 0 atom stereocenters. The zero-order valence-electron chi connectivity index (χ0n) is 5.31. The lowest BCUT2D eigenvalue weighted by molar-refractivity contribution is 0.718. The molecule has 0 saturated heterocycles. The van der Waals surface area contributed by atoms with E-state index in [0.29, 0.717) is 0 Å². The summed E-state index contributed by atoms with van der Waals surface area (Å²) in [5.41, 5.74) is 6.15. The fourth-order valence-corrected chi connectivity index (χ4v) is 0.164. The molecule has 6 nitrogen and oxygen atoms in total. The van der Waals surface area contributed by atoms with E-state index in [9.17, 15) is 0 Å². The first-order valence-corrected chi connectivity index (χ1v) is 2.44. The third-order valence-electron chi connectivity index (χ3n) is 0.407. The minimum absolute atomic E-state index is 0.106. The standard InChI is InChI=1S/C3H8N6/c1-3(2)5-7-9-8-6-4/h3-4H,1-2H3. The molecular formula is C3H8N6. The van der Waals surface area contributed by atoms with E-state index in [-0.39, 0.29) is 6.04 Å². The largest absolute Gasteiger partial charge is 0.183 e. The minimum atomic E-state index is 0.106. The van der Waals surface area contributed by atoms with E-state index in [4.69, 9.17) is 5.53 Å². The summed E-state index contributed by atoms with van der Waals surface area (Å²) in [6.07, 6.45) is 0. The molecule has 0 fully saturated rings. The van der Waals surface area contributed by atoms with Crippen LogP contribution in [-0.4, -0.2) is 6.04 Å². The molecule has 0 aliphatic carbocycles. The molecule has 0 aliphatic rings. The van der Waals surface area contributed by atoms with Gasteiger partial charge in [0.25, 0.3) is 0 Å². The molecule has 0 aromatic heterocycles. The molecule has 0 aromatic rings. The van der Waals surface area contributed by atoms with E-state index in [1.165, 1.54) is 0 Å². The molecule has 0 saturated carbocycles. The second kappa shape index (κ2) is 4.95. The van der Waals surface area contributed by atoms with Gasteiger partial charge in [-0.15, -0.1) is 0 Å². The molecule has 1 N–H and O–H groups in total. The average Bonchev–Trinajstić information content (AvgIpc) is 1.80. The smallest absolute Gasteiger partial charge is 0.0675 e. The van der Waals surface area contributed by atoms with E-state index >= 15 is 0 Å². The van der Waals surface area contributed by atoms with Gasteiger partial charge in [0, 0.05) is 0 Å². The van der Waals surface area contributed by atoms with Crippen LogP contribution in [0.15, 0.2) is 26.0 Å². The third kappa shape index (κ3) is 6.80. The molecule has 0 aromatic carbocycles. The molecular weight excluding hydrogens is 120 g/mol. The van der Waals surface area contributed by atoms with E-state index < -0.39 is 0 Å². The maximum absolute atomic E-state index is 6.15. The van der Waals surface area contributed by atoms with E-state index in [0.717, 1.165) is 0 Å². The highest BCUT2D eigenvalue weighted by Crippen LogP contribution is 1.88. The predicted molar refractivity (Wildman–Crippen MR) is 30.0 cm³/mol. The molecule has 0 radical (unpaired) electrons. The van der Waals surface area contributed by atoms with Crippen molar-refractivity contribution < 1.29 is 0 Å². The Kier molecular flexibility index (Phi) is 4.29. The van der Waals surface area contributed by atoms with E-state index in [1.807, 2.05) is 13.8 Å². The Balaban J connectivity index is 3.46. The van der Waals surface area contributed by atoms with Gasteiger partial charge in [0.05, 0.1) is 6.04 Å². The molecule has 0 heterocycles. The molecule has 0 unspecified atom stereocenters. The molecule has 0 spiro atoms. The third-order valence-corrected chi connectivity index (χ3v) is 0.407. The highest BCUT2D eigenvalue weighted by Gasteiger charge is 1.81. The van der Waals surface area contributed by atoms with Crippen molar-refractivity contribution in [3.8, 4) is 0 Å². The monoisotopic (exact) mass is 128 g/mol. The first-order valence-electron chi connectivity index (χ1n) is 2.44. The second-order valence-electron chi connectivity index (χ2n) is 1.58. The molecule has 0 bridgehead atoms. The van der Waals surface area contributed by atoms with E-state index in [1.54, 1.807) is 0 Å². The molecule has 0 rings (SSSR count). The predicted octanol–water partition coefficient (Wildman–Crippen LogP) is 2.16. The fourth-order valence-electron chi connectivity index (χ4n) is 0.164. The van der Waals surface area contributed by atoms with Crippen LogP contribution in [0.25, 0.3) is 0 Å². The Morgan fingerprint density at radius 1 is 1.11 bits per heavy atom. The van der Waals surface area contributed by atoms with Gasteiger partial charge in [-0.25, -0.2) is 0 Å². The van der Waals surface area contributed by atoms with Crippen LogP contribution in [-0.2, 0) is 0 Å². The Hall–Kier alpha value is -1.20. The molecule has 50 valence electrons. The number of rotatable bonds is 3. The first-order chi connectivity index (χ1) is 4.27. The molecule has 0 amide bonds. The summed E-state index contributed by atoms with van der Waals surface area (Å²) in [7, 11) is 0. The summed E-state index contributed by atoms with van der Waals surface area (Å²) in [6, 6.07) is 0.106. The summed E-state index contributed by atoms with van der Waals surface area (Å²) in [5.74, 6) is 0. The van der Waals surface area contributed by atoms with Crippen molar-refractivity contribution in [1.29, 1.82) is 5.53 Å². The van der Waals surface area contributed by atoms with Crippen LogP contribution < -0.4 is 0 Å². The summed E-state index contributed by atoms with van der Waals surface area (Å²) in [6.45, 7) is 3.72. The summed E-state index contributed by atoms with van der Waals surface area (Å²) in [5, 5.41) is 15.4. The molecule has 6 heteroatoms. The van der Waals surface area contributed by atoms with Crippen molar-refractivity contribution in [2.75, 3.05) is 0 Å². The van der Waals surface area contributed by atoms with Gasteiger partial charge in [0.2, 0.25) is 0 Å². The fraction of sp³-hybridized carbons (Fsp3) is 1.00. The summed E-state index contributed by atoms with van der Waals surface area (Å²) < 4.78 is 0. The summed E-state index contributed by atoms with van der Waals surface area (Å²) >= 11 is 0. The topological polar surface area (TPSA) is 85.7 Å². The van der Waals surface area contributed by atoms with Crippen LogP contribution in [0.4, 0.5) is 0 Å². The van der Waals surface area contributed by atoms with Crippen LogP contribution >= 0.6 is 0 Å². The van der Waals surface area contributed by atoms with Crippen LogP contribution in [0.5, 0.6) is 0 Å². The van der Waals surface area contributed by atoms with Gasteiger partial charge < -0.3 is 0 Å². The van der Waals surface area contributed by atoms with Crippen molar-refractivity contribution in [2.24, 2.45) is 26.0 Å². The van der Waals surface area contributed by atoms with Crippen molar-refractivity contribution in [3.63, 3.8) is 0 Å². The SMILES string of the molecule is CC(C)N=NN=NN=N. The Morgan fingerprint density at radius 2 is 1.78 bits per heavy atom. The van der Waals surface area contributed by atoms with Gasteiger partial charge in [0.15, 0.2) is 0 Å². The lowest BCUT2D eigenvalue weighted by Gasteiger charge is -1.85. The average molecular weight is 128 g/mol. The Bertz CT molecular complexity index is 124. The van der Waals surface area contributed by atoms with Crippen molar-refractivity contribution >= 4 is 0 Å². The van der Waals surface area contributed by atoms with Crippen molar-refractivity contribution in [2.45, 2.75) is 19.9 Å². The Morgan fingerprint density at radius 3 is 2.22 bits per heavy atom. The maximum Gasteiger partial charge on any atom is 0.0675 e. The van der Waals surface area contributed by atoms with Gasteiger partial charge in [0.1, 0.15) is 0 Å². The zero-order valence-corrected chi connectivity index (χ0v) is 5.31. The number of hydrogen-bond donors (Lipinski definition) is 1. The van der Waals surface area contributed by atoms with Crippen LogP contribution in [0, 0.1) is 5.53 Å². The van der Waals surface area contributed by atoms with E-state index in [2.05, 4.69) is 26.0 Å². The quantitative estimate of drug-likeness (QED) is 0.446. The minimum Gasteiger partial charge on any atom is -0.183 e. The van der Waals surface area contributed by atoms with Crippen molar-refractivity contribution in [3.05, 3.63) is 0 Å². The van der Waals surface area contributed by atoms with Gasteiger partial charge in [-0.3, -0.25) is 0 Å². The van der Waals surface area contributed by atoms with Gasteiger partial charge >= 0.3 is 0 Å². The highest BCUT2D eigenvalue weighted by atomic mass is 15.6. The van der Waals surface area contributed by atoms with Gasteiger partial charge in [-0.1, -0.05) is 0 Å². The van der Waals surface area contributed by atoms with Crippen LogP contribution in [0.3, 0.4) is 0 Å². The van der Waals surface area contributed by atoms with Crippen LogP contribution in [0.1, 0.15) is 13.8 Å². The lowest BCUT2D eigenvalue weighted by Crippen LogP contribution is -1.82. The molecule has 0 aliphatic heterocycles. The number of nitrogens with zero attached hydrogens (tertiary/aromatic N) is 5. The first kappa shape index (κ1) is 7.80. The van der Waals surface area contributed by atoms with Gasteiger partial charge in [-0.05, 0) is 34.7 Å². The molecule has 9 heavy (non-hydrogen) atoms. The lowest BCUT2D eigenvalue weighted by atomic mass is 10.4. The highest BCUT2D eigenvalue weighted by molar-refractivity contribution is 4.41. The van der Waals surface area contributed by atoms with Gasteiger partial charge in [-0.2, -0.15) is 10.6 Å². The van der Waals surface area contributed by atoms with Crippen molar-refractivity contribution in [1.82, 2.24) is 0 Å². The number of hydrogen-bond acceptors (Lipinski definition) is 2. The maximum atomic E-state index is 6.15. The summed E-state index contributed by atoms with van der Waals surface area (Å²) in [4.78, 5) is 0. The second-order valence-corrected chi connectivity index (χ2v) is 1.58.